The normalized spacial score (nSPS) is 13.4. The van der Waals surface area contributed by atoms with Crippen LogP contribution in [0, 0.1) is 12.8 Å². The van der Waals surface area contributed by atoms with Gasteiger partial charge in [-0.1, -0.05) is 25.4 Å². The van der Waals surface area contributed by atoms with Gasteiger partial charge in [-0.3, -0.25) is 4.68 Å². The number of rotatable bonds is 5. The Balaban J connectivity index is 2.77. The third-order valence-corrected chi connectivity index (χ3v) is 3.36. The lowest BCUT2D eigenvalue weighted by molar-refractivity contribution is 0.440. The van der Waals surface area contributed by atoms with Crippen molar-refractivity contribution >= 4 is 11.6 Å². The highest BCUT2D eigenvalue weighted by Gasteiger charge is 2.16. The molecule has 0 bridgehead atoms. The van der Waals surface area contributed by atoms with Crippen LogP contribution in [0.25, 0.3) is 0 Å². The molecule has 0 fully saturated rings. The summed E-state index contributed by atoms with van der Waals surface area (Å²) in [7, 11) is 3.89. The van der Waals surface area contributed by atoms with E-state index in [0.29, 0.717) is 12.0 Å². The van der Waals surface area contributed by atoms with Gasteiger partial charge in [-0.05, 0) is 32.7 Å². The Kier molecular flexibility index (Phi) is 4.81. The van der Waals surface area contributed by atoms with E-state index in [1.54, 1.807) is 4.68 Å². The minimum Gasteiger partial charge on any atom is -0.317 e. The average molecular weight is 244 g/mol. The molecule has 1 rings (SSSR count). The average Bonchev–Trinajstić information content (AvgIpc) is 2.43. The van der Waals surface area contributed by atoms with E-state index in [1.807, 2.05) is 21.0 Å². The van der Waals surface area contributed by atoms with Gasteiger partial charge in [0.2, 0.25) is 0 Å². The van der Waals surface area contributed by atoms with Crippen LogP contribution >= 0.6 is 11.6 Å². The molecule has 1 atom stereocenters. The molecule has 0 aliphatic heterocycles. The maximum absolute atomic E-state index is 6.22. The quantitative estimate of drug-likeness (QED) is 0.862. The zero-order valence-corrected chi connectivity index (χ0v) is 11.6. The molecule has 16 heavy (non-hydrogen) atoms. The number of nitrogens with zero attached hydrogens (tertiary/aromatic N) is 2. The van der Waals surface area contributed by atoms with Gasteiger partial charge in [0, 0.05) is 18.7 Å². The van der Waals surface area contributed by atoms with Crippen molar-refractivity contribution in [2.24, 2.45) is 13.0 Å². The van der Waals surface area contributed by atoms with Crippen LogP contribution in [-0.2, 0) is 13.5 Å². The van der Waals surface area contributed by atoms with E-state index in [0.717, 1.165) is 23.7 Å². The third kappa shape index (κ3) is 3.22. The summed E-state index contributed by atoms with van der Waals surface area (Å²) in [6.07, 6.45) is 2.11. The van der Waals surface area contributed by atoms with Crippen LogP contribution in [0.3, 0.4) is 0 Å². The highest BCUT2D eigenvalue weighted by atomic mass is 35.5. The predicted molar refractivity (Wildman–Crippen MR) is 69.0 cm³/mol. The number of nitrogens with one attached hydrogen (secondary N) is 1. The number of likely N-dealkylation sites (N-methyl/N-ethyl adjacent to an activating group) is 1. The summed E-state index contributed by atoms with van der Waals surface area (Å²) >= 11 is 6.22. The smallest absolute Gasteiger partial charge is 0.130 e. The fraction of sp³-hybridized carbons (Fsp3) is 0.750. The summed E-state index contributed by atoms with van der Waals surface area (Å²) in [6.45, 7) is 6.49. The fourth-order valence-corrected chi connectivity index (χ4v) is 2.28. The van der Waals surface area contributed by atoms with Crippen molar-refractivity contribution in [1.29, 1.82) is 0 Å². The summed E-state index contributed by atoms with van der Waals surface area (Å²) in [5.41, 5.74) is 2.21. The van der Waals surface area contributed by atoms with E-state index in [2.05, 4.69) is 24.3 Å². The second-order valence-electron chi connectivity index (χ2n) is 4.80. The van der Waals surface area contributed by atoms with Crippen LogP contribution in [0.2, 0.25) is 5.15 Å². The van der Waals surface area contributed by atoms with Gasteiger partial charge in [0.1, 0.15) is 5.15 Å². The largest absolute Gasteiger partial charge is 0.317 e. The second-order valence-corrected chi connectivity index (χ2v) is 5.16. The minimum absolute atomic E-state index is 0.473. The van der Waals surface area contributed by atoms with Crippen LogP contribution in [0.15, 0.2) is 0 Å². The van der Waals surface area contributed by atoms with Crippen molar-refractivity contribution in [2.45, 2.75) is 39.7 Å². The van der Waals surface area contributed by atoms with Crippen molar-refractivity contribution < 1.29 is 0 Å². The van der Waals surface area contributed by atoms with Crippen LogP contribution in [0.4, 0.5) is 0 Å². The van der Waals surface area contributed by atoms with E-state index in [4.69, 9.17) is 11.6 Å². The zero-order chi connectivity index (χ0) is 12.3. The van der Waals surface area contributed by atoms with E-state index < -0.39 is 0 Å². The summed E-state index contributed by atoms with van der Waals surface area (Å²) in [4.78, 5) is 0. The van der Waals surface area contributed by atoms with Crippen LogP contribution in [0.1, 0.15) is 31.5 Å². The molecular weight excluding hydrogens is 222 g/mol. The predicted octanol–water partition coefficient (Wildman–Crippen LogP) is 2.56. The van der Waals surface area contributed by atoms with Crippen molar-refractivity contribution in [3.63, 3.8) is 0 Å². The lowest BCUT2D eigenvalue weighted by atomic mass is 9.98. The molecular formula is C12H22ClN3. The highest BCUT2D eigenvalue weighted by molar-refractivity contribution is 6.30. The van der Waals surface area contributed by atoms with Crippen molar-refractivity contribution in [1.82, 2.24) is 15.1 Å². The van der Waals surface area contributed by atoms with Gasteiger partial charge in [0.25, 0.3) is 0 Å². The van der Waals surface area contributed by atoms with Crippen LogP contribution in [-0.4, -0.2) is 22.9 Å². The Hall–Kier alpha value is -0.540. The Bertz CT molecular complexity index is 344. The number of hydrogen-bond donors (Lipinski definition) is 1. The van der Waals surface area contributed by atoms with Crippen molar-refractivity contribution in [3.05, 3.63) is 16.4 Å². The van der Waals surface area contributed by atoms with Gasteiger partial charge in [-0.25, -0.2) is 0 Å². The standard InChI is InChI=1S/C12H22ClN3/c1-8(2)6-10(14-4)7-11-9(3)15-16(5)12(11)13/h8,10,14H,6-7H2,1-5H3. The minimum atomic E-state index is 0.473. The zero-order valence-electron chi connectivity index (χ0n) is 10.8. The van der Waals surface area contributed by atoms with Crippen molar-refractivity contribution in [2.75, 3.05) is 7.05 Å². The molecule has 1 N–H and O–H groups in total. The fourth-order valence-electron chi connectivity index (χ4n) is 2.02. The topological polar surface area (TPSA) is 29.9 Å². The summed E-state index contributed by atoms with van der Waals surface area (Å²) < 4.78 is 1.74. The molecule has 1 unspecified atom stereocenters. The van der Waals surface area contributed by atoms with Gasteiger partial charge in [-0.15, -0.1) is 0 Å². The monoisotopic (exact) mass is 243 g/mol. The molecule has 0 saturated carbocycles. The van der Waals surface area contributed by atoms with Crippen LogP contribution in [0.5, 0.6) is 0 Å². The van der Waals surface area contributed by atoms with Crippen molar-refractivity contribution in [3.8, 4) is 0 Å². The van der Waals surface area contributed by atoms with E-state index in [-0.39, 0.29) is 0 Å². The summed E-state index contributed by atoms with van der Waals surface area (Å²) in [5, 5.41) is 8.45. The van der Waals surface area contributed by atoms with Gasteiger partial charge in [-0.2, -0.15) is 5.10 Å². The van der Waals surface area contributed by atoms with E-state index in [1.165, 1.54) is 5.56 Å². The number of hydrogen-bond acceptors (Lipinski definition) is 2. The molecule has 92 valence electrons. The Morgan fingerprint density at radius 2 is 2.06 bits per heavy atom. The Labute approximate surface area is 103 Å². The van der Waals surface area contributed by atoms with Crippen LogP contribution < -0.4 is 5.32 Å². The molecule has 0 aliphatic carbocycles. The summed E-state index contributed by atoms with van der Waals surface area (Å²) in [5.74, 6) is 0.688. The van der Waals surface area contributed by atoms with E-state index in [9.17, 15) is 0 Å². The molecule has 0 aromatic carbocycles. The molecule has 0 aliphatic rings. The molecule has 1 aromatic heterocycles. The number of aryl methyl sites for hydroxylation is 2. The Morgan fingerprint density at radius 3 is 2.44 bits per heavy atom. The molecule has 0 radical (unpaired) electrons. The van der Waals surface area contributed by atoms with Gasteiger partial charge in [0.05, 0.1) is 5.69 Å². The van der Waals surface area contributed by atoms with Gasteiger partial charge >= 0.3 is 0 Å². The lowest BCUT2D eigenvalue weighted by Gasteiger charge is -2.18. The molecule has 3 nitrogen and oxygen atoms in total. The molecule has 1 aromatic rings. The van der Waals surface area contributed by atoms with Gasteiger partial charge in [0.15, 0.2) is 0 Å². The molecule has 0 amide bonds. The second kappa shape index (κ2) is 5.69. The first-order valence-electron chi connectivity index (χ1n) is 5.81. The van der Waals surface area contributed by atoms with E-state index >= 15 is 0 Å². The maximum Gasteiger partial charge on any atom is 0.130 e. The molecule has 0 spiro atoms. The molecule has 0 saturated heterocycles. The first kappa shape index (κ1) is 13.5. The first-order chi connectivity index (χ1) is 7.45. The maximum atomic E-state index is 6.22. The number of halogens is 1. The molecule has 1 heterocycles. The highest BCUT2D eigenvalue weighted by Crippen LogP contribution is 2.21. The van der Waals surface area contributed by atoms with Gasteiger partial charge < -0.3 is 5.32 Å². The number of aromatic nitrogens is 2. The molecule has 4 heteroatoms. The lowest BCUT2D eigenvalue weighted by Crippen LogP contribution is -2.29. The third-order valence-electron chi connectivity index (χ3n) is 2.88. The summed E-state index contributed by atoms with van der Waals surface area (Å²) in [6, 6.07) is 0.473. The Morgan fingerprint density at radius 1 is 1.44 bits per heavy atom. The SMILES string of the molecule is CNC(Cc1c(C)nn(C)c1Cl)CC(C)C. The first-order valence-corrected chi connectivity index (χ1v) is 6.18.